The molecule has 1 radical (unpaired) electrons. The molecule has 0 fully saturated rings. The molecule has 4 heteroatoms. The molecule has 0 saturated heterocycles. The molecular formula is C17H24NO3. The lowest BCUT2D eigenvalue weighted by molar-refractivity contribution is -0.134. The molecule has 21 heavy (non-hydrogen) atoms. The van der Waals surface area contributed by atoms with Crippen molar-refractivity contribution < 1.29 is 14.3 Å². The highest BCUT2D eigenvalue weighted by Gasteiger charge is 2.15. The number of unbranched alkanes of at least 4 members (excludes halogenated alkanes) is 2. The van der Waals surface area contributed by atoms with Crippen LogP contribution in [0, 0.1) is 6.07 Å². The highest BCUT2D eigenvalue weighted by molar-refractivity contribution is 5.91. The largest absolute Gasteiger partial charge is 0.452 e. The quantitative estimate of drug-likeness (QED) is 0.657. The van der Waals surface area contributed by atoms with Crippen LogP contribution in [0.5, 0.6) is 0 Å². The normalized spacial score (nSPS) is 10.2. The van der Waals surface area contributed by atoms with Crippen LogP contribution in [-0.4, -0.2) is 36.5 Å². The third-order valence-electron chi connectivity index (χ3n) is 3.17. The zero-order valence-corrected chi connectivity index (χ0v) is 12.9. The molecule has 1 rings (SSSR count). The van der Waals surface area contributed by atoms with Crippen LogP contribution in [0.4, 0.5) is 0 Å². The molecule has 0 saturated carbocycles. The summed E-state index contributed by atoms with van der Waals surface area (Å²) in [6.07, 6.45) is 4.01. The zero-order valence-electron chi connectivity index (χ0n) is 12.9. The van der Waals surface area contributed by atoms with Crippen LogP contribution in [0.3, 0.4) is 0 Å². The van der Waals surface area contributed by atoms with Crippen molar-refractivity contribution in [3.63, 3.8) is 0 Å². The molecule has 0 aromatic heterocycles. The minimum absolute atomic E-state index is 0.124. The fourth-order valence-electron chi connectivity index (χ4n) is 1.88. The molecule has 0 bridgehead atoms. The lowest BCUT2D eigenvalue weighted by Crippen LogP contribution is -2.36. The van der Waals surface area contributed by atoms with Crippen molar-refractivity contribution in [2.75, 3.05) is 19.7 Å². The summed E-state index contributed by atoms with van der Waals surface area (Å²) in [5, 5.41) is 0. The Hall–Kier alpha value is -1.84. The Balaban J connectivity index is 2.46. The van der Waals surface area contributed by atoms with Gasteiger partial charge in [0.15, 0.2) is 6.61 Å². The van der Waals surface area contributed by atoms with Crippen LogP contribution >= 0.6 is 0 Å². The van der Waals surface area contributed by atoms with Crippen molar-refractivity contribution >= 4 is 11.9 Å². The molecule has 0 heterocycles. The second-order valence-electron chi connectivity index (χ2n) is 4.94. The van der Waals surface area contributed by atoms with E-state index in [0.717, 1.165) is 38.8 Å². The third kappa shape index (κ3) is 6.43. The van der Waals surface area contributed by atoms with Gasteiger partial charge in [-0.3, -0.25) is 4.79 Å². The number of carbonyl (C=O) groups is 2. The number of rotatable bonds is 9. The van der Waals surface area contributed by atoms with Crippen molar-refractivity contribution in [3.05, 3.63) is 35.9 Å². The van der Waals surface area contributed by atoms with Gasteiger partial charge in [0.2, 0.25) is 0 Å². The van der Waals surface area contributed by atoms with Crippen LogP contribution in [-0.2, 0) is 9.53 Å². The van der Waals surface area contributed by atoms with E-state index in [-0.39, 0.29) is 12.5 Å². The fourth-order valence-corrected chi connectivity index (χ4v) is 1.88. The van der Waals surface area contributed by atoms with Gasteiger partial charge in [-0.25, -0.2) is 4.79 Å². The molecule has 4 nitrogen and oxygen atoms in total. The molecule has 1 aromatic rings. The topological polar surface area (TPSA) is 46.6 Å². The predicted molar refractivity (Wildman–Crippen MR) is 82.0 cm³/mol. The molecule has 1 amide bonds. The molecule has 0 N–H and O–H groups in total. The lowest BCUT2D eigenvalue weighted by atomic mass is 10.2. The van der Waals surface area contributed by atoms with E-state index in [0.29, 0.717) is 5.56 Å². The maximum Gasteiger partial charge on any atom is 0.339 e. The van der Waals surface area contributed by atoms with E-state index in [1.54, 1.807) is 29.2 Å². The van der Waals surface area contributed by atoms with Crippen molar-refractivity contribution in [3.8, 4) is 0 Å². The van der Waals surface area contributed by atoms with Gasteiger partial charge in [-0.05, 0) is 25.0 Å². The predicted octanol–water partition coefficient (Wildman–Crippen LogP) is 3.07. The molecule has 0 aliphatic heterocycles. The Bertz CT molecular complexity index is 423. The number of hydrogen-bond acceptors (Lipinski definition) is 3. The van der Waals surface area contributed by atoms with Crippen molar-refractivity contribution in [2.24, 2.45) is 0 Å². The van der Waals surface area contributed by atoms with E-state index in [4.69, 9.17) is 4.74 Å². The zero-order chi connectivity index (χ0) is 15.5. The summed E-state index contributed by atoms with van der Waals surface area (Å²) in [5.41, 5.74) is 0.346. The summed E-state index contributed by atoms with van der Waals surface area (Å²) in [7, 11) is 0. The first-order valence-electron chi connectivity index (χ1n) is 7.60. The standard InChI is InChI=1S/C17H24NO3/c1-3-5-12-18(13-6-4-2)16(19)14-21-17(20)15-10-8-7-9-11-15/h7-10H,3-6,12-14H2,1-2H3. The van der Waals surface area contributed by atoms with E-state index in [2.05, 4.69) is 19.9 Å². The van der Waals surface area contributed by atoms with Crippen LogP contribution in [0.1, 0.15) is 49.9 Å². The second-order valence-corrected chi connectivity index (χ2v) is 4.94. The number of benzene rings is 1. The summed E-state index contributed by atoms with van der Waals surface area (Å²) < 4.78 is 5.07. The van der Waals surface area contributed by atoms with E-state index >= 15 is 0 Å². The smallest absolute Gasteiger partial charge is 0.339 e. The average Bonchev–Trinajstić information content (AvgIpc) is 2.53. The summed E-state index contributed by atoms with van der Waals surface area (Å²) in [5.74, 6) is -0.629. The van der Waals surface area contributed by atoms with Gasteiger partial charge < -0.3 is 9.64 Å². The van der Waals surface area contributed by atoms with Gasteiger partial charge in [0.05, 0.1) is 5.56 Å². The minimum Gasteiger partial charge on any atom is -0.452 e. The Kier molecular flexibility index (Phi) is 8.17. The van der Waals surface area contributed by atoms with Crippen LogP contribution in [0.15, 0.2) is 24.3 Å². The number of nitrogens with zero attached hydrogens (tertiary/aromatic N) is 1. The number of hydrogen-bond donors (Lipinski definition) is 0. The maximum atomic E-state index is 12.1. The van der Waals surface area contributed by atoms with E-state index < -0.39 is 5.97 Å². The summed E-state index contributed by atoms with van der Waals surface area (Å²) in [4.78, 5) is 25.7. The molecule has 1 aromatic carbocycles. The van der Waals surface area contributed by atoms with Crippen LogP contribution < -0.4 is 0 Å². The second kappa shape index (κ2) is 9.97. The highest BCUT2D eigenvalue weighted by atomic mass is 16.5. The van der Waals surface area contributed by atoms with Crippen LogP contribution in [0.25, 0.3) is 0 Å². The summed E-state index contributed by atoms with van der Waals surface area (Å²) >= 11 is 0. The third-order valence-corrected chi connectivity index (χ3v) is 3.17. The Morgan fingerprint density at radius 1 is 1.14 bits per heavy atom. The Labute approximate surface area is 127 Å². The van der Waals surface area contributed by atoms with Gasteiger partial charge in [0.25, 0.3) is 5.91 Å². The lowest BCUT2D eigenvalue weighted by Gasteiger charge is -2.22. The first-order valence-corrected chi connectivity index (χ1v) is 7.60. The number of esters is 1. The van der Waals surface area contributed by atoms with Gasteiger partial charge in [0, 0.05) is 13.1 Å². The monoisotopic (exact) mass is 290 g/mol. The SMILES string of the molecule is CCCCN(CCCC)C(=O)COC(=O)c1[c]cccc1. The van der Waals surface area contributed by atoms with Gasteiger partial charge >= 0.3 is 5.97 Å². The first-order chi connectivity index (χ1) is 10.2. The van der Waals surface area contributed by atoms with Gasteiger partial charge in [-0.2, -0.15) is 0 Å². The number of amides is 1. The average molecular weight is 290 g/mol. The number of carbonyl (C=O) groups excluding carboxylic acids is 2. The maximum absolute atomic E-state index is 12.1. The molecule has 115 valence electrons. The molecule has 0 aliphatic carbocycles. The van der Waals surface area contributed by atoms with Gasteiger partial charge in [0.1, 0.15) is 0 Å². The summed E-state index contributed by atoms with van der Waals surface area (Å²) in [6, 6.07) is 9.58. The van der Waals surface area contributed by atoms with E-state index in [1.807, 2.05) is 0 Å². The van der Waals surface area contributed by atoms with E-state index in [9.17, 15) is 9.59 Å². The van der Waals surface area contributed by atoms with Gasteiger partial charge in [-0.1, -0.05) is 44.9 Å². The Morgan fingerprint density at radius 3 is 2.33 bits per heavy atom. The van der Waals surface area contributed by atoms with Crippen molar-refractivity contribution in [2.45, 2.75) is 39.5 Å². The van der Waals surface area contributed by atoms with Crippen molar-refractivity contribution in [1.82, 2.24) is 4.90 Å². The molecule has 0 atom stereocenters. The molecule has 0 aliphatic rings. The number of ether oxygens (including phenoxy) is 1. The van der Waals surface area contributed by atoms with Crippen molar-refractivity contribution in [1.29, 1.82) is 0 Å². The molecule has 0 unspecified atom stereocenters. The molecular weight excluding hydrogens is 266 g/mol. The Morgan fingerprint density at radius 2 is 1.81 bits per heavy atom. The van der Waals surface area contributed by atoms with E-state index in [1.165, 1.54) is 0 Å². The first kappa shape index (κ1) is 17.2. The minimum atomic E-state index is -0.505. The summed E-state index contributed by atoms with van der Waals surface area (Å²) in [6.45, 7) is 5.44. The van der Waals surface area contributed by atoms with Gasteiger partial charge in [-0.15, -0.1) is 0 Å². The fraction of sp³-hybridized carbons (Fsp3) is 0.529. The van der Waals surface area contributed by atoms with Crippen LogP contribution in [0.2, 0.25) is 0 Å². The highest BCUT2D eigenvalue weighted by Crippen LogP contribution is 2.03. The molecule has 0 spiro atoms.